The number of nitrogens with zero attached hydrogens (tertiary/aromatic N) is 2. The molecule has 2 amide bonds. The fourth-order valence-corrected chi connectivity index (χ4v) is 3.63. The van der Waals surface area contributed by atoms with Crippen LogP contribution in [0.5, 0.6) is 5.75 Å². The Kier molecular flexibility index (Phi) is 5.38. The third-order valence-electron chi connectivity index (χ3n) is 5.01. The summed E-state index contributed by atoms with van der Waals surface area (Å²) in [6, 6.07) is 7.46. The first-order valence-electron chi connectivity index (χ1n) is 8.92. The van der Waals surface area contributed by atoms with Gasteiger partial charge < -0.3 is 14.5 Å². The minimum Gasteiger partial charge on any atom is -0.497 e. The second-order valence-corrected chi connectivity index (χ2v) is 6.70. The van der Waals surface area contributed by atoms with Crippen LogP contribution >= 0.6 is 0 Å². The van der Waals surface area contributed by atoms with Gasteiger partial charge in [0.1, 0.15) is 5.75 Å². The van der Waals surface area contributed by atoms with Crippen molar-refractivity contribution in [3.05, 3.63) is 24.3 Å². The number of rotatable bonds is 3. The zero-order valence-electron chi connectivity index (χ0n) is 14.4. The summed E-state index contributed by atoms with van der Waals surface area (Å²) in [5.74, 6) is 0.672. The van der Waals surface area contributed by atoms with Crippen LogP contribution in [0.2, 0.25) is 0 Å². The lowest BCUT2D eigenvalue weighted by Crippen LogP contribution is -2.39. The Morgan fingerprint density at radius 2 is 1.83 bits per heavy atom. The Bertz CT molecular complexity index is 594. The lowest BCUT2D eigenvalue weighted by Gasteiger charge is -2.27. The summed E-state index contributed by atoms with van der Waals surface area (Å²) >= 11 is 0. The van der Waals surface area contributed by atoms with E-state index >= 15 is 0 Å². The molecule has 0 radical (unpaired) electrons. The number of benzene rings is 1. The van der Waals surface area contributed by atoms with Gasteiger partial charge in [-0.3, -0.25) is 9.59 Å². The molecule has 0 aromatic heterocycles. The van der Waals surface area contributed by atoms with Crippen molar-refractivity contribution in [3.8, 4) is 5.75 Å². The highest BCUT2D eigenvalue weighted by Crippen LogP contribution is 2.29. The zero-order chi connectivity index (χ0) is 16.9. The van der Waals surface area contributed by atoms with Crippen LogP contribution in [0.3, 0.4) is 0 Å². The third-order valence-corrected chi connectivity index (χ3v) is 5.01. The number of methoxy groups -OCH3 is 1. The van der Waals surface area contributed by atoms with Gasteiger partial charge in [-0.1, -0.05) is 25.3 Å². The van der Waals surface area contributed by atoms with E-state index in [1.165, 1.54) is 19.3 Å². The maximum absolute atomic E-state index is 12.8. The standard InChI is InChI=1S/C19H26N2O3/c1-24-17-9-7-8-16(13-17)21-14-15(12-18(21)22)19(23)20-10-5-3-2-4-6-11-20/h7-9,13,15H,2-6,10-12,14H2,1H3/t15-/m0/s1. The van der Waals surface area contributed by atoms with Crippen LogP contribution in [-0.4, -0.2) is 43.5 Å². The number of ether oxygens (including phenoxy) is 1. The Balaban J connectivity index is 1.68. The predicted octanol–water partition coefficient (Wildman–Crippen LogP) is 2.84. The minimum absolute atomic E-state index is 0.0219. The van der Waals surface area contributed by atoms with Gasteiger partial charge in [-0.05, 0) is 25.0 Å². The van der Waals surface area contributed by atoms with Crippen LogP contribution in [0.15, 0.2) is 24.3 Å². The molecule has 2 saturated heterocycles. The first-order chi connectivity index (χ1) is 11.7. The summed E-state index contributed by atoms with van der Waals surface area (Å²) in [7, 11) is 1.61. The highest BCUT2D eigenvalue weighted by molar-refractivity contribution is 6.00. The number of carbonyl (C=O) groups is 2. The smallest absolute Gasteiger partial charge is 0.228 e. The average molecular weight is 330 g/mol. The van der Waals surface area contributed by atoms with Crippen molar-refractivity contribution < 1.29 is 14.3 Å². The van der Waals surface area contributed by atoms with Gasteiger partial charge in [-0.15, -0.1) is 0 Å². The second-order valence-electron chi connectivity index (χ2n) is 6.70. The van der Waals surface area contributed by atoms with Crippen molar-refractivity contribution in [3.63, 3.8) is 0 Å². The van der Waals surface area contributed by atoms with Crippen LogP contribution in [0.1, 0.15) is 38.5 Å². The summed E-state index contributed by atoms with van der Waals surface area (Å²) in [4.78, 5) is 28.9. The second kappa shape index (κ2) is 7.69. The summed E-state index contributed by atoms with van der Waals surface area (Å²) in [5, 5.41) is 0. The fraction of sp³-hybridized carbons (Fsp3) is 0.579. The van der Waals surface area contributed by atoms with E-state index in [-0.39, 0.29) is 17.7 Å². The molecule has 0 N–H and O–H groups in total. The zero-order valence-corrected chi connectivity index (χ0v) is 14.4. The van der Waals surface area contributed by atoms with E-state index in [0.29, 0.717) is 13.0 Å². The van der Waals surface area contributed by atoms with E-state index in [1.807, 2.05) is 29.2 Å². The van der Waals surface area contributed by atoms with Crippen molar-refractivity contribution >= 4 is 17.5 Å². The van der Waals surface area contributed by atoms with Crippen LogP contribution in [0.25, 0.3) is 0 Å². The minimum atomic E-state index is -0.219. The number of anilines is 1. The molecule has 1 aromatic carbocycles. The monoisotopic (exact) mass is 330 g/mol. The van der Waals surface area contributed by atoms with Gasteiger partial charge in [-0.25, -0.2) is 0 Å². The number of amides is 2. The molecule has 2 fully saturated rings. The number of carbonyl (C=O) groups excluding carboxylic acids is 2. The van der Waals surface area contributed by atoms with Crippen LogP contribution in [-0.2, 0) is 9.59 Å². The molecule has 1 atom stereocenters. The maximum Gasteiger partial charge on any atom is 0.228 e. The molecule has 2 aliphatic heterocycles. The van der Waals surface area contributed by atoms with Crippen molar-refractivity contribution in [2.75, 3.05) is 31.6 Å². The topological polar surface area (TPSA) is 49.9 Å². The van der Waals surface area contributed by atoms with E-state index in [2.05, 4.69) is 0 Å². The van der Waals surface area contributed by atoms with Gasteiger partial charge in [0.25, 0.3) is 0 Å². The Morgan fingerprint density at radius 3 is 2.54 bits per heavy atom. The summed E-state index contributed by atoms with van der Waals surface area (Å²) in [5.41, 5.74) is 0.808. The van der Waals surface area contributed by atoms with E-state index in [9.17, 15) is 9.59 Å². The highest BCUT2D eigenvalue weighted by atomic mass is 16.5. The molecule has 1 aromatic rings. The van der Waals surface area contributed by atoms with Crippen molar-refractivity contribution in [1.82, 2.24) is 4.90 Å². The van der Waals surface area contributed by atoms with E-state index < -0.39 is 0 Å². The van der Waals surface area contributed by atoms with Crippen molar-refractivity contribution in [1.29, 1.82) is 0 Å². The van der Waals surface area contributed by atoms with Gasteiger partial charge in [0.05, 0.1) is 13.0 Å². The van der Waals surface area contributed by atoms with E-state index in [1.54, 1.807) is 12.0 Å². The van der Waals surface area contributed by atoms with Crippen LogP contribution in [0.4, 0.5) is 5.69 Å². The van der Waals surface area contributed by atoms with Crippen molar-refractivity contribution in [2.45, 2.75) is 38.5 Å². The Morgan fingerprint density at radius 1 is 1.12 bits per heavy atom. The largest absolute Gasteiger partial charge is 0.497 e. The first-order valence-corrected chi connectivity index (χ1v) is 8.92. The molecule has 5 heteroatoms. The van der Waals surface area contributed by atoms with Gasteiger partial charge in [0.2, 0.25) is 11.8 Å². The van der Waals surface area contributed by atoms with E-state index in [0.717, 1.165) is 37.4 Å². The normalized spacial score (nSPS) is 22.2. The van der Waals surface area contributed by atoms with Crippen molar-refractivity contribution in [2.24, 2.45) is 5.92 Å². The van der Waals surface area contributed by atoms with Gasteiger partial charge in [0, 0.05) is 37.8 Å². The lowest BCUT2D eigenvalue weighted by atomic mass is 10.0. The van der Waals surface area contributed by atoms with Gasteiger partial charge >= 0.3 is 0 Å². The fourth-order valence-electron chi connectivity index (χ4n) is 3.63. The summed E-state index contributed by atoms with van der Waals surface area (Å²) in [6.07, 6.45) is 6.13. The van der Waals surface area contributed by atoms with E-state index in [4.69, 9.17) is 4.74 Å². The highest BCUT2D eigenvalue weighted by Gasteiger charge is 2.37. The molecule has 0 bridgehead atoms. The number of likely N-dealkylation sites (tertiary alicyclic amines) is 1. The molecule has 0 saturated carbocycles. The maximum atomic E-state index is 12.8. The summed E-state index contributed by atoms with van der Waals surface area (Å²) in [6.45, 7) is 2.15. The first kappa shape index (κ1) is 16.8. The molecule has 24 heavy (non-hydrogen) atoms. The third kappa shape index (κ3) is 3.71. The quantitative estimate of drug-likeness (QED) is 0.856. The molecule has 130 valence electrons. The molecule has 0 unspecified atom stereocenters. The number of hydrogen-bond acceptors (Lipinski definition) is 3. The van der Waals surface area contributed by atoms with Gasteiger partial charge in [0.15, 0.2) is 0 Å². The van der Waals surface area contributed by atoms with Gasteiger partial charge in [-0.2, -0.15) is 0 Å². The molecule has 0 spiro atoms. The summed E-state index contributed by atoms with van der Waals surface area (Å²) < 4.78 is 5.23. The average Bonchev–Trinajstić information content (AvgIpc) is 2.96. The molecule has 3 rings (SSSR count). The Hall–Kier alpha value is -2.04. The van der Waals surface area contributed by atoms with Crippen LogP contribution in [0, 0.1) is 5.92 Å². The molecule has 2 aliphatic rings. The molecule has 0 aliphatic carbocycles. The van der Waals surface area contributed by atoms with Crippen LogP contribution < -0.4 is 9.64 Å². The molecular formula is C19H26N2O3. The SMILES string of the molecule is COc1cccc(N2C[C@@H](C(=O)N3CCCCCCC3)CC2=O)c1. The molecule has 5 nitrogen and oxygen atoms in total. The molecule has 2 heterocycles. The Labute approximate surface area is 143 Å². The number of hydrogen-bond donors (Lipinski definition) is 0. The lowest BCUT2D eigenvalue weighted by molar-refractivity contribution is -0.136. The predicted molar refractivity (Wildman–Crippen MR) is 93.1 cm³/mol. The molecular weight excluding hydrogens is 304 g/mol.